The second kappa shape index (κ2) is 3.86. The molecule has 0 saturated carbocycles. The van der Waals surface area contributed by atoms with Crippen molar-refractivity contribution in [1.82, 2.24) is 4.98 Å². The van der Waals surface area contributed by atoms with Crippen molar-refractivity contribution >= 4 is 23.6 Å². The second-order valence-electron chi connectivity index (χ2n) is 2.76. The van der Waals surface area contributed by atoms with Gasteiger partial charge in [-0.3, -0.25) is 4.79 Å². The molecule has 0 saturated heterocycles. The van der Waals surface area contributed by atoms with Crippen LogP contribution in [0.2, 0.25) is 0 Å². The molecule has 0 amide bonds. The Labute approximate surface area is 89.9 Å². The maximum absolute atomic E-state index is 11.2. The Kier molecular flexibility index (Phi) is 2.56. The van der Waals surface area contributed by atoms with Crippen LogP contribution in [0, 0.1) is 3.82 Å². The monoisotopic (exact) mass is 221 g/mol. The Balaban J connectivity index is 2.64. The Morgan fingerprint density at radius 1 is 1.21 bits per heavy atom. The molecule has 4 heteroatoms. The molecule has 0 atom stereocenters. The highest BCUT2D eigenvalue weighted by atomic mass is 32.1. The minimum atomic E-state index is -0.114. The lowest BCUT2D eigenvalue weighted by atomic mass is 10.2. The number of nitrogens with one attached hydrogen (secondary N) is 1. The van der Waals surface area contributed by atoms with Crippen molar-refractivity contribution in [2.45, 2.75) is 0 Å². The van der Waals surface area contributed by atoms with Crippen molar-refractivity contribution in [3.63, 3.8) is 0 Å². The number of H-pyrrole nitrogens is 1. The molecule has 2 rings (SSSR count). The predicted molar refractivity (Wildman–Crippen MR) is 61.2 cm³/mol. The standard InChI is InChI=1S/C10H7NOS2/c12-10-11-8(6-9(13)14-10)7-4-2-1-3-5-7/h1-6H,(H,11,12). The van der Waals surface area contributed by atoms with E-state index in [-0.39, 0.29) is 4.87 Å². The number of aromatic nitrogens is 1. The van der Waals surface area contributed by atoms with Crippen molar-refractivity contribution in [3.8, 4) is 11.3 Å². The molecule has 0 unspecified atom stereocenters. The third-order valence-corrected chi connectivity index (χ3v) is 2.75. The van der Waals surface area contributed by atoms with Crippen LogP contribution in [0.4, 0.5) is 0 Å². The third-order valence-electron chi connectivity index (χ3n) is 1.78. The fourth-order valence-electron chi connectivity index (χ4n) is 1.18. The van der Waals surface area contributed by atoms with Crippen molar-refractivity contribution in [2.75, 3.05) is 0 Å². The summed E-state index contributed by atoms with van der Waals surface area (Å²) in [5, 5.41) is 0. The number of rotatable bonds is 1. The van der Waals surface area contributed by atoms with Crippen LogP contribution in [-0.4, -0.2) is 4.98 Å². The van der Waals surface area contributed by atoms with Gasteiger partial charge in [-0.05, 0) is 11.6 Å². The number of hydrogen-bond donors (Lipinski definition) is 1. The number of benzene rings is 1. The average Bonchev–Trinajstić information content (AvgIpc) is 2.18. The molecule has 1 aromatic heterocycles. The Morgan fingerprint density at radius 2 is 1.93 bits per heavy atom. The van der Waals surface area contributed by atoms with Crippen LogP contribution < -0.4 is 4.87 Å². The molecule has 0 spiro atoms. The van der Waals surface area contributed by atoms with Gasteiger partial charge in [-0.15, -0.1) is 0 Å². The van der Waals surface area contributed by atoms with Gasteiger partial charge >= 0.3 is 4.87 Å². The van der Waals surface area contributed by atoms with E-state index < -0.39 is 0 Å². The van der Waals surface area contributed by atoms with Crippen LogP contribution in [0.25, 0.3) is 11.3 Å². The van der Waals surface area contributed by atoms with Gasteiger partial charge < -0.3 is 4.98 Å². The summed E-state index contributed by atoms with van der Waals surface area (Å²) in [5.41, 5.74) is 1.75. The van der Waals surface area contributed by atoms with Gasteiger partial charge in [-0.2, -0.15) is 0 Å². The highest BCUT2D eigenvalue weighted by Gasteiger charge is 1.97. The molecule has 1 heterocycles. The Hall–Kier alpha value is -1.26. The molecular weight excluding hydrogens is 214 g/mol. The van der Waals surface area contributed by atoms with Crippen LogP contribution in [0.3, 0.4) is 0 Å². The first-order chi connectivity index (χ1) is 6.75. The molecule has 0 bridgehead atoms. The zero-order chi connectivity index (χ0) is 9.97. The smallest absolute Gasteiger partial charge is 0.306 e. The summed E-state index contributed by atoms with van der Waals surface area (Å²) in [6.07, 6.45) is 0. The van der Waals surface area contributed by atoms with Gasteiger partial charge in [-0.25, -0.2) is 0 Å². The van der Waals surface area contributed by atoms with Crippen LogP contribution in [0.5, 0.6) is 0 Å². The summed E-state index contributed by atoms with van der Waals surface area (Å²) >= 11 is 6.03. The van der Waals surface area contributed by atoms with Crippen LogP contribution in [0.15, 0.2) is 41.2 Å². The SMILES string of the molecule is O=c1[nH]c(-c2ccccc2)cc(=S)s1. The zero-order valence-electron chi connectivity index (χ0n) is 7.19. The molecule has 0 radical (unpaired) electrons. The first-order valence-corrected chi connectivity index (χ1v) is 5.28. The van der Waals surface area contributed by atoms with E-state index in [0.717, 1.165) is 22.6 Å². The Morgan fingerprint density at radius 3 is 2.57 bits per heavy atom. The van der Waals surface area contributed by atoms with Crippen LogP contribution >= 0.6 is 23.6 Å². The molecule has 0 aliphatic carbocycles. The fraction of sp³-hybridized carbons (Fsp3) is 0. The topological polar surface area (TPSA) is 32.9 Å². The molecule has 14 heavy (non-hydrogen) atoms. The lowest BCUT2D eigenvalue weighted by molar-refractivity contribution is 1.31. The van der Waals surface area contributed by atoms with Crippen LogP contribution in [-0.2, 0) is 0 Å². The third kappa shape index (κ3) is 1.97. The molecule has 1 aromatic carbocycles. The lowest BCUT2D eigenvalue weighted by Gasteiger charge is -1.98. The van der Waals surface area contributed by atoms with E-state index in [1.807, 2.05) is 30.3 Å². The maximum Gasteiger partial charge on any atom is 0.306 e. The highest BCUT2D eigenvalue weighted by Crippen LogP contribution is 2.15. The quantitative estimate of drug-likeness (QED) is 0.751. The van der Waals surface area contributed by atoms with Gasteiger partial charge in [0.05, 0.1) is 9.52 Å². The Bertz CT molecular complexity index is 514. The van der Waals surface area contributed by atoms with Crippen molar-refractivity contribution in [2.24, 2.45) is 0 Å². The molecule has 2 aromatic rings. The van der Waals surface area contributed by atoms with E-state index in [1.165, 1.54) is 0 Å². The minimum absolute atomic E-state index is 0.114. The second-order valence-corrected chi connectivity index (χ2v) is 4.47. The minimum Gasteiger partial charge on any atom is -0.313 e. The lowest BCUT2D eigenvalue weighted by Crippen LogP contribution is -2.00. The largest absolute Gasteiger partial charge is 0.313 e. The zero-order valence-corrected chi connectivity index (χ0v) is 8.82. The van der Waals surface area contributed by atoms with E-state index in [1.54, 1.807) is 6.07 Å². The van der Waals surface area contributed by atoms with Crippen LogP contribution in [0.1, 0.15) is 0 Å². The predicted octanol–water partition coefficient (Wildman–Crippen LogP) is 2.83. The normalized spacial score (nSPS) is 10.0. The first-order valence-electron chi connectivity index (χ1n) is 4.05. The number of hydrogen-bond acceptors (Lipinski definition) is 3. The molecule has 0 fully saturated rings. The summed E-state index contributed by atoms with van der Waals surface area (Å²) < 4.78 is 0.604. The van der Waals surface area contributed by atoms with Gasteiger partial charge in [0.1, 0.15) is 0 Å². The van der Waals surface area contributed by atoms with Crippen molar-refractivity contribution in [1.29, 1.82) is 0 Å². The molecule has 70 valence electrons. The number of aromatic amines is 1. The summed E-state index contributed by atoms with van der Waals surface area (Å²) in [6.45, 7) is 0. The fourth-order valence-corrected chi connectivity index (χ4v) is 2.05. The molecule has 1 N–H and O–H groups in total. The summed E-state index contributed by atoms with van der Waals surface area (Å²) in [4.78, 5) is 13.8. The average molecular weight is 221 g/mol. The van der Waals surface area contributed by atoms with E-state index in [0.29, 0.717) is 3.82 Å². The van der Waals surface area contributed by atoms with E-state index in [2.05, 4.69) is 4.98 Å². The molecule has 0 aliphatic rings. The van der Waals surface area contributed by atoms with Gasteiger partial charge in [0.25, 0.3) is 0 Å². The highest BCUT2D eigenvalue weighted by molar-refractivity contribution is 7.73. The molecule has 0 aliphatic heterocycles. The van der Waals surface area contributed by atoms with E-state index in [9.17, 15) is 4.79 Å². The van der Waals surface area contributed by atoms with Crippen molar-refractivity contribution in [3.05, 3.63) is 49.9 Å². The maximum atomic E-state index is 11.2. The van der Waals surface area contributed by atoms with Gasteiger partial charge in [0.15, 0.2) is 0 Å². The van der Waals surface area contributed by atoms with E-state index in [4.69, 9.17) is 12.2 Å². The first kappa shape index (κ1) is 9.30. The van der Waals surface area contributed by atoms with E-state index >= 15 is 0 Å². The summed E-state index contributed by atoms with van der Waals surface area (Å²) in [6, 6.07) is 11.5. The van der Waals surface area contributed by atoms with Gasteiger partial charge in [0.2, 0.25) is 0 Å². The van der Waals surface area contributed by atoms with Gasteiger partial charge in [0, 0.05) is 0 Å². The van der Waals surface area contributed by atoms with Gasteiger partial charge in [-0.1, -0.05) is 53.9 Å². The van der Waals surface area contributed by atoms with Crippen molar-refractivity contribution < 1.29 is 0 Å². The summed E-state index contributed by atoms with van der Waals surface area (Å²) in [5.74, 6) is 0. The molecular formula is C10H7NOS2. The molecule has 2 nitrogen and oxygen atoms in total. The summed E-state index contributed by atoms with van der Waals surface area (Å²) in [7, 11) is 0.